The molecule has 0 saturated carbocycles. The Morgan fingerprint density at radius 3 is 2.69 bits per heavy atom. The van der Waals surface area contributed by atoms with Crippen LogP contribution in [0.2, 0.25) is 0 Å². The molecule has 0 aromatic heterocycles. The van der Waals surface area contributed by atoms with Crippen LogP contribution in [0.3, 0.4) is 0 Å². The Hall–Kier alpha value is 0.270. The lowest BCUT2D eigenvalue weighted by Gasteiger charge is -2.04. The van der Waals surface area contributed by atoms with Crippen LogP contribution in [0.25, 0.3) is 0 Å². The molecular formula is C10H23NOS. The van der Waals surface area contributed by atoms with Gasteiger partial charge in [0.05, 0.1) is 6.61 Å². The minimum absolute atomic E-state index is 0.858. The van der Waals surface area contributed by atoms with Crippen molar-refractivity contribution in [1.82, 2.24) is 5.32 Å². The summed E-state index contributed by atoms with van der Waals surface area (Å²) in [5, 5.41) is 3.37. The summed E-state index contributed by atoms with van der Waals surface area (Å²) in [4.78, 5) is 0. The fraction of sp³-hybridized carbons (Fsp3) is 1.00. The first-order valence-corrected chi connectivity index (χ1v) is 6.58. The summed E-state index contributed by atoms with van der Waals surface area (Å²) in [6, 6.07) is 0. The van der Waals surface area contributed by atoms with E-state index in [9.17, 15) is 0 Å². The topological polar surface area (TPSA) is 21.3 Å². The highest BCUT2D eigenvalue weighted by Crippen LogP contribution is 1.97. The summed E-state index contributed by atoms with van der Waals surface area (Å²) >= 11 is 1.92. The second kappa shape index (κ2) is 12.3. The molecule has 0 aromatic carbocycles. The molecular weight excluding hydrogens is 182 g/mol. The van der Waals surface area contributed by atoms with Crippen molar-refractivity contribution in [3.05, 3.63) is 0 Å². The van der Waals surface area contributed by atoms with Gasteiger partial charge in [0.15, 0.2) is 0 Å². The van der Waals surface area contributed by atoms with Gasteiger partial charge in [0.2, 0.25) is 0 Å². The molecule has 3 heteroatoms. The van der Waals surface area contributed by atoms with Crippen molar-refractivity contribution in [2.24, 2.45) is 0 Å². The monoisotopic (exact) mass is 205 g/mol. The molecule has 0 bridgehead atoms. The van der Waals surface area contributed by atoms with Gasteiger partial charge in [0.1, 0.15) is 0 Å². The molecule has 0 unspecified atom stereocenters. The van der Waals surface area contributed by atoms with Crippen LogP contribution >= 0.6 is 11.8 Å². The second-order valence-corrected chi connectivity index (χ2v) is 4.05. The van der Waals surface area contributed by atoms with Gasteiger partial charge in [-0.15, -0.1) is 0 Å². The van der Waals surface area contributed by atoms with E-state index in [1.54, 1.807) is 0 Å². The quantitative estimate of drug-likeness (QED) is 0.552. The SMILES string of the molecule is CCCOCCNCCCCSC. The Labute approximate surface area is 86.8 Å². The highest BCUT2D eigenvalue weighted by molar-refractivity contribution is 7.98. The van der Waals surface area contributed by atoms with Gasteiger partial charge in [0.25, 0.3) is 0 Å². The largest absolute Gasteiger partial charge is 0.380 e. The van der Waals surface area contributed by atoms with Crippen molar-refractivity contribution < 1.29 is 4.74 Å². The molecule has 80 valence electrons. The molecule has 0 aliphatic rings. The molecule has 0 amide bonds. The van der Waals surface area contributed by atoms with Gasteiger partial charge < -0.3 is 10.1 Å². The fourth-order valence-corrected chi connectivity index (χ4v) is 1.50. The Balaban J connectivity index is 2.76. The zero-order chi connectivity index (χ0) is 9.78. The summed E-state index contributed by atoms with van der Waals surface area (Å²) in [7, 11) is 0. The van der Waals surface area contributed by atoms with Gasteiger partial charge in [-0.25, -0.2) is 0 Å². The van der Waals surface area contributed by atoms with Crippen molar-refractivity contribution in [2.75, 3.05) is 38.3 Å². The van der Waals surface area contributed by atoms with E-state index in [0.717, 1.165) is 32.7 Å². The lowest BCUT2D eigenvalue weighted by Crippen LogP contribution is -2.21. The Morgan fingerprint density at radius 2 is 2.00 bits per heavy atom. The summed E-state index contributed by atoms with van der Waals surface area (Å²) in [6.07, 6.45) is 5.89. The lowest BCUT2D eigenvalue weighted by atomic mass is 10.3. The average Bonchev–Trinajstić information content (AvgIpc) is 2.16. The molecule has 0 aliphatic heterocycles. The number of nitrogens with one attached hydrogen (secondary N) is 1. The third kappa shape index (κ3) is 12.3. The fourth-order valence-electron chi connectivity index (χ4n) is 1.01. The van der Waals surface area contributed by atoms with Crippen LogP contribution in [0.1, 0.15) is 26.2 Å². The van der Waals surface area contributed by atoms with Crippen LogP contribution in [-0.4, -0.2) is 38.3 Å². The van der Waals surface area contributed by atoms with E-state index in [4.69, 9.17) is 4.74 Å². The first-order valence-electron chi connectivity index (χ1n) is 5.19. The summed E-state index contributed by atoms with van der Waals surface area (Å²) in [5.41, 5.74) is 0. The Morgan fingerprint density at radius 1 is 1.15 bits per heavy atom. The predicted molar refractivity (Wildman–Crippen MR) is 61.6 cm³/mol. The lowest BCUT2D eigenvalue weighted by molar-refractivity contribution is 0.136. The van der Waals surface area contributed by atoms with E-state index in [1.165, 1.54) is 18.6 Å². The van der Waals surface area contributed by atoms with Crippen LogP contribution in [0, 0.1) is 0 Å². The van der Waals surface area contributed by atoms with Crippen molar-refractivity contribution in [1.29, 1.82) is 0 Å². The third-order valence-electron chi connectivity index (χ3n) is 1.72. The molecule has 0 fully saturated rings. The molecule has 0 aliphatic carbocycles. The highest BCUT2D eigenvalue weighted by atomic mass is 32.2. The second-order valence-electron chi connectivity index (χ2n) is 3.06. The van der Waals surface area contributed by atoms with Crippen molar-refractivity contribution in [2.45, 2.75) is 26.2 Å². The van der Waals surface area contributed by atoms with Crippen LogP contribution < -0.4 is 5.32 Å². The van der Waals surface area contributed by atoms with Crippen LogP contribution in [0.5, 0.6) is 0 Å². The standard InChI is InChI=1S/C10H23NOS/c1-3-8-12-9-7-11-6-4-5-10-13-2/h11H,3-10H2,1-2H3. The minimum Gasteiger partial charge on any atom is -0.380 e. The van der Waals surface area contributed by atoms with Gasteiger partial charge >= 0.3 is 0 Å². The normalized spacial score (nSPS) is 10.6. The third-order valence-corrected chi connectivity index (χ3v) is 2.42. The molecule has 0 atom stereocenters. The average molecular weight is 205 g/mol. The first-order chi connectivity index (χ1) is 6.41. The molecule has 0 heterocycles. The van der Waals surface area contributed by atoms with Crippen LogP contribution in [0.15, 0.2) is 0 Å². The number of ether oxygens (including phenoxy) is 1. The number of hydrogen-bond acceptors (Lipinski definition) is 3. The zero-order valence-electron chi connectivity index (χ0n) is 8.97. The van der Waals surface area contributed by atoms with E-state index in [2.05, 4.69) is 18.5 Å². The van der Waals surface area contributed by atoms with Gasteiger partial charge in [-0.2, -0.15) is 11.8 Å². The van der Waals surface area contributed by atoms with Crippen molar-refractivity contribution in [3.8, 4) is 0 Å². The van der Waals surface area contributed by atoms with Crippen molar-refractivity contribution >= 4 is 11.8 Å². The first kappa shape index (κ1) is 13.3. The molecule has 0 rings (SSSR count). The van der Waals surface area contributed by atoms with Crippen LogP contribution in [0.4, 0.5) is 0 Å². The molecule has 0 radical (unpaired) electrons. The van der Waals surface area contributed by atoms with Gasteiger partial charge in [-0.05, 0) is 37.8 Å². The van der Waals surface area contributed by atoms with E-state index in [1.807, 2.05) is 11.8 Å². The van der Waals surface area contributed by atoms with Gasteiger partial charge in [-0.1, -0.05) is 6.92 Å². The Kier molecular flexibility index (Phi) is 12.5. The molecule has 0 aromatic rings. The maximum absolute atomic E-state index is 5.34. The Bertz CT molecular complexity index is 81.0. The number of unbranched alkanes of at least 4 members (excludes halogenated alkanes) is 1. The number of hydrogen-bond donors (Lipinski definition) is 1. The van der Waals surface area contributed by atoms with E-state index >= 15 is 0 Å². The zero-order valence-corrected chi connectivity index (χ0v) is 9.79. The maximum Gasteiger partial charge on any atom is 0.0590 e. The summed E-state index contributed by atoms with van der Waals surface area (Å²) in [6.45, 7) is 6.02. The van der Waals surface area contributed by atoms with Crippen LogP contribution in [-0.2, 0) is 4.74 Å². The molecule has 0 saturated heterocycles. The predicted octanol–water partition coefficient (Wildman–Crippen LogP) is 2.15. The van der Waals surface area contributed by atoms with Crippen molar-refractivity contribution in [3.63, 3.8) is 0 Å². The smallest absolute Gasteiger partial charge is 0.0590 e. The maximum atomic E-state index is 5.34. The van der Waals surface area contributed by atoms with Gasteiger partial charge in [-0.3, -0.25) is 0 Å². The molecule has 13 heavy (non-hydrogen) atoms. The number of thioether (sulfide) groups is 1. The molecule has 2 nitrogen and oxygen atoms in total. The highest BCUT2D eigenvalue weighted by Gasteiger charge is 1.89. The number of rotatable bonds is 10. The van der Waals surface area contributed by atoms with E-state index < -0.39 is 0 Å². The van der Waals surface area contributed by atoms with Gasteiger partial charge in [0, 0.05) is 13.2 Å². The summed E-state index contributed by atoms with van der Waals surface area (Å²) < 4.78 is 5.34. The van der Waals surface area contributed by atoms with E-state index in [-0.39, 0.29) is 0 Å². The van der Waals surface area contributed by atoms with E-state index in [0.29, 0.717) is 0 Å². The summed E-state index contributed by atoms with van der Waals surface area (Å²) in [5.74, 6) is 1.29. The molecule has 0 spiro atoms. The molecule has 1 N–H and O–H groups in total. The minimum atomic E-state index is 0.858.